The fraction of sp³-hybridized carbons (Fsp3) is 0.133. The molecule has 21 heavy (non-hydrogen) atoms. The quantitative estimate of drug-likeness (QED) is 0.343. The van der Waals surface area contributed by atoms with Gasteiger partial charge in [-0.25, -0.2) is 4.99 Å². The van der Waals surface area contributed by atoms with Crippen molar-refractivity contribution in [3.8, 4) is 0 Å². The third-order valence-electron chi connectivity index (χ3n) is 2.76. The molecule has 0 saturated heterocycles. The van der Waals surface area contributed by atoms with Gasteiger partial charge in [-0.1, -0.05) is 36.4 Å². The number of nitrogens with two attached hydrogens (primary N) is 1. The fourth-order valence-corrected chi connectivity index (χ4v) is 1.70. The van der Waals surface area contributed by atoms with Gasteiger partial charge in [-0.05, 0) is 37.1 Å². The van der Waals surface area contributed by atoms with Crippen LogP contribution in [0.1, 0.15) is 11.1 Å². The first-order valence-corrected chi connectivity index (χ1v) is 5.89. The molecule has 108 valence electrons. The molecule has 0 atom stereocenters. The summed E-state index contributed by atoms with van der Waals surface area (Å²) in [5.74, 6) is 0.401. The van der Waals surface area contributed by atoms with Gasteiger partial charge in [0.2, 0.25) is 0 Å². The first-order chi connectivity index (χ1) is 8.66. The van der Waals surface area contributed by atoms with Crippen molar-refractivity contribution in [2.24, 2.45) is 10.7 Å². The molecule has 0 unspecified atom stereocenters. The topological polar surface area (TPSA) is 50.4 Å². The first kappa shape index (κ1) is 22.2. The van der Waals surface area contributed by atoms with Gasteiger partial charge >= 0.3 is 19.5 Å². The van der Waals surface area contributed by atoms with Crippen LogP contribution in [0.5, 0.6) is 0 Å². The maximum atomic E-state index is 5.91. The minimum absolute atomic E-state index is 0. The number of hydrogen-bond donors (Lipinski definition) is 2. The number of halogens is 2. The summed E-state index contributed by atoms with van der Waals surface area (Å²) in [6.07, 6.45) is 0. The number of hydrogen-bond acceptors (Lipinski definition) is 1. The normalized spacial score (nSPS) is 9.71. The number of aryl methyl sites for hydroxylation is 2. The van der Waals surface area contributed by atoms with Crippen LogP contribution in [0.15, 0.2) is 53.5 Å². The van der Waals surface area contributed by atoms with E-state index in [-0.39, 0.29) is 44.3 Å². The van der Waals surface area contributed by atoms with Crippen LogP contribution in [-0.2, 0) is 19.5 Å². The van der Waals surface area contributed by atoms with E-state index in [1.165, 1.54) is 0 Å². The molecule has 2 aromatic rings. The maximum absolute atomic E-state index is 5.91. The van der Waals surface area contributed by atoms with E-state index < -0.39 is 0 Å². The predicted octanol–water partition coefficient (Wildman–Crippen LogP) is -2.63. The number of nitrogens with one attached hydrogen (secondary N) is 1. The number of rotatable bonds is 2. The summed E-state index contributed by atoms with van der Waals surface area (Å²) in [5, 5.41) is 3.11. The summed E-state index contributed by atoms with van der Waals surface area (Å²) in [6.45, 7) is 4.04. The van der Waals surface area contributed by atoms with Crippen LogP contribution in [-0.4, -0.2) is 5.96 Å². The van der Waals surface area contributed by atoms with Gasteiger partial charge in [0.1, 0.15) is 0 Å². The summed E-state index contributed by atoms with van der Waals surface area (Å²) in [5.41, 5.74) is 10.0. The van der Waals surface area contributed by atoms with Crippen LogP contribution in [0.2, 0.25) is 0 Å². The van der Waals surface area contributed by atoms with Crippen molar-refractivity contribution in [3.63, 3.8) is 0 Å². The SMILES string of the molecule is Cc1ccccc1N=C(N)Nc1ccccc1C.[Cl-].[Cl-].[Zn+2]. The smallest absolute Gasteiger partial charge is 1.00 e. The minimum atomic E-state index is 0. The Bertz CT molecular complexity index is 589. The molecule has 3 nitrogen and oxygen atoms in total. The molecule has 0 aliphatic heterocycles. The van der Waals surface area contributed by atoms with E-state index in [9.17, 15) is 0 Å². The molecule has 6 heteroatoms. The molecule has 0 heterocycles. The van der Waals surface area contributed by atoms with Crippen LogP contribution in [0.25, 0.3) is 0 Å². The Hall–Kier alpha value is -1.09. The molecule has 0 aromatic heterocycles. The van der Waals surface area contributed by atoms with Crippen LogP contribution < -0.4 is 35.9 Å². The molecular formula is C15H17Cl2N3Zn. The van der Waals surface area contributed by atoms with E-state index in [1.807, 2.05) is 62.4 Å². The van der Waals surface area contributed by atoms with Gasteiger partial charge < -0.3 is 35.9 Å². The average molecular weight is 376 g/mol. The van der Waals surface area contributed by atoms with E-state index in [4.69, 9.17) is 5.73 Å². The van der Waals surface area contributed by atoms with E-state index in [2.05, 4.69) is 10.3 Å². The van der Waals surface area contributed by atoms with Gasteiger partial charge in [-0.3, -0.25) is 0 Å². The molecular weight excluding hydrogens is 358 g/mol. The van der Waals surface area contributed by atoms with E-state index in [0.29, 0.717) is 5.96 Å². The van der Waals surface area contributed by atoms with Crippen LogP contribution in [0, 0.1) is 13.8 Å². The van der Waals surface area contributed by atoms with Gasteiger partial charge in [0.05, 0.1) is 5.69 Å². The minimum Gasteiger partial charge on any atom is -1.00 e. The Morgan fingerprint density at radius 2 is 1.43 bits per heavy atom. The molecule has 2 aromatic carbocycles. The third-order valence-corrected chi connectivity index (χ3v) is 2.76. The molecule has 0 bridgehead atoms. The second-order valence-electron chi connectivity index (χ2n) is 4.22. The molecule has 0 amide bonds. The van der Waals surface area contributed by atoms with Gasteiger partial charge in [-0.15, -0.1) is 0 Å². The Kier molecular flexibility index (Phi) is 11.2. The standard InChI is InChI=1S/C15H17N3.2ClH.Zn/c1-11-7-3-5-9-13(11)17-15(16)18-14-10-6-4-8-12(14)2;;;/h3-10H,1-2H3,(H3,16,17,18);2*1H;/q;;;+2/p-2. The van der Waals surface area contributed by atoms with E-state index >= 15 is 0 Å². The van der Waals surface area contributed by atoms with Crippen molar-refractivity contribution in [1.82, 2.24) is 0 Å². The number of nitrogens with zero attached hydrogens (tertiary/aromatic N) is 1. The van der Waals surface area contributed by atoms with Crippen LogP contribution >= 0.6 is 0 Å². The molecule has 0 aliphatic rings. The van der Waals surface area contributed by atoms with Gasteiger partial charge in [0.15, 0.2) is 5.96 Å². The van der Waals surface area contributed by atoms with Crippen LogP contribution in [0.3, 0.4) is 0 Å². The number of anilines is 1. The second-order valence-corrected chi connectivity index (χ2v) is 4.22. The number of para-hydroxylation sites is 2. The molecule has 0 spiro atoms. The van der Waals surface area contributed by atoms with E-state index in [1.54, 1.807) is 0 Å². The Labute approximate surface area is 151 Å². The van der Waals surface area contributed by atoms with Gasteiger partial charge in [0, 0.05) is 5.69 Å². The van der Waals surface area contributed by atoms with Gasteiger partial charge in [-0.2, -0.15) is 0 Å². The van der Waals surface area contributed by atoms with Crippen molar-refractivity contribution in [3.05, 3.63) is 59.7 Å². The summed E-state index contributed by atoms with van der Waals surface area (Å²) >= 11 is 0. The molecule has 0 saturated carbocycles. The predicted molar refractivity (Wildman–Crippen MR) is 77.3 cm³/mol. The monoisotopic (exact) mass is 373 g/mol. The van der Waals surface area contributed by atoms with Crippen molar-refractivity contribution in [2.75, 3.05) is 5.32 Å². The summed E-state index contributed by atoms with van der Waals surface area (Å²) in [7, 11) is 0. The average Bonchev–Trinajstić information content (AvgIpc) is 2.35. The Morgan fingerprint density at radius 3 is 2.00 bits per heavy atom. The number of guanidine groups is 1. The zero-order valence-corrected chi connectivity index (χ0v) is 16.6. The molecule has 0 fully saturated rings. The van der Waals surface area contributed by atoms with Crippen molar-refractivity contribution < 1.29 is 44.3 Å². The maximum Gasteiger partial charge on any atom is 2.00 e. The Balaban J connectivity index is 0. The summed E-state index contributed by atoms with van der Waals surface area (Å²) in [6, 6.07) is 15.9. The van der Waals surface area contributed by atoms with Crippen molar-refractivity contribution in [1.29, 1.82) is 0 Å². The first-order valence-electron chi connectivity index (χ1n) is 5.89. The third kappa shape index (κ3) is 6.47. The molecule has 3 N–H and O–H groups in total. The zero-order chi connectivity index (χ0) is 13.0. The van der Waals surface area contributed by atoms with Crippen molar-refractivity contribution in [2.45, 2.75) is 13.8 Å². The zero-order valence-electron chi connectivity index (χ0n) is 12.1. The Morgan fingerprint density at radius 1 is 0.905 bits per heavy atom. The molecule has 0 radical (unpaired) electrons. The molecule has 0 aliphatic carbocycles. The van der Waals surface area contributed by atoms with E-state index in [0.717, 1.165) is 22.5 Å². The summed E-state index contributed by atoms with van der Waals surface area (Å²) in [4.78, 5) is 4.38. The van der Waals surface area contributed by atoms with Gasteiger partial charge in [0.25, 0.3) is 0 Å². The number of benzene rings is 2. The largest absolute Gasteiger partial charge is 2.00 e. The second kappa shape index (κ2) is 10.6. The summed E-state index contributed by atoms with van der Waals surface area (Å²) < 4.78 is 0. The number of aliphatic imine (C=N–C) groups is 1. The molecule has 2 rings (SSSR count). The van der Waals surface area contributed by atoms with Crippen LogP contribution in [0.4, 0.5) is 11.4 Å². The fourth-order valence-electron chi connectivity index (χ4n) is 1.70. The van der Waals surface area contributed by atoms with Crippen molar-refractivity contribution >= 4 is 17.3 Å².